The van der Waals surface area contributed by atoms with Gasteiger partial charge in [0.2, 0.25) is 5.91 Å². The van der Waals surface area contributed by atoms with Gasteiger partial charge < -0.3 is 15.1 Å². The van der Waals surface area contributed by atoms with E-state index < -0.39 is 0 Å². The molecule has 1 heterocycles. The summed E-state index contributed by atoms with van der Waals surface area (Å²) in [5, 5.41) is 19.8. The smallest absolute Gasteiger partial charge is 0.226 e. The molecule has 0 aliphatic carbocycles. The molecule has 1 aliphatic rings. The number of aryl methyl sites for hydroxylation is 1. The zero-order valence-corrected chi connectivity index (χ0v) is 15.1. The number of benzene rings is 2. The van der Waals surface area contributed by atoms with E-state index in [-0.39, 0.29) is 23.7 Å². The number of hydrogen-bond acceptors (Lipinski definition) is 3. The average molecular weight is 353 g/mol. The number of piperidine rings is 1. The Morgan fingerprint density at radius 1 is 1.00 bits per heavy atom. The van der Waals surface area contributed by atoms with Crippen LogP contribution in [0.4, 0.5) is 0 Å². The maximum Gasteiger partial charge on any atom is 0.226 e. The van der Waals surface area contributed by atoms with Crippen LogP contribution in [-0.2, 0) is 17.6 Å². The normalized spacial score (nSPS) is 16.4. The zero-order chi connectivity index (χ0) is 18.4. The van der Waals surface area contributed by atoms with Gasteiger partial charge in [-0.3, -0.25) is 4.79 Å². The number of phenolic OH excluding ortho intramolecular Hbond substituents is 1. The summed E-state index contributed by atoms with van der Waals surface area (Å²) in [7, 11) is 0. The lowest BCUT2D eigenvalue weighted by Crippen LogP contribution is -2.42. The fraction of sp³-hybridized carbons (Fsp3) is 0.409. The van der Waals surface area contributed by atoms with Crippen molar-refractivity contribution in [2.45, 2.75) is 38.2 Å². The fourth-order valence-electron chi connectivity index (χ4n) is 3.63. The number of carbonyl (C=O) groups is 1. The van der Waals surface area contributed by atoms with Gasteiger partial charge in [-0.25, -0.2) is 0 Å². The molecule has 1 fully saturated rings. The summed E-state index contributed by atoms with van der Waals surface area (Å²) >= 11 is 0. The molecule has 3 rings (SSSR count). The van der Waals surface area contributed by atoms with Crippen molar-refractivity contribution in [3.8, 4) is 5.75 Å². The lowest BCUT2D eigenvalue weighted by molar-refractivity contribution is -0.132. The fourth-order valence-corrected chi connectivity index (χ4v) is 3.63. The molecule has 2 aromatic rings. The number of aliphatic hydroxyl groups is 1. The quantitative estimate of drug-likeness (QED) is 0.839. The summed E-state index contributed by atoms with van der Waals surface area (Å²) in [6.07, 6.45) is 3.44. The largest absolute Gasteiger partial charge is 0.508 e. The van der Waals surface area contributed by atoms with Gasteiger partial charge >= 0.3 is 0 Å². The Labute approximate surface area is 155 Å². The van der Waals surface area contributed by atoms with Crippen molar-refractivity contribution in [2.75, 3.05) is 13.1 Å². The maximum absolute atomic E-state index is 12.4. The standard InChI is InChI=1S/C22H27NO3/c24-20-9-6-18(7-10-20)16-22(26)23-14-12-19(13-15-23)21(25)11-8-17-4-2-1-3-5-17/h1-7,9-10,19,21,24-25H,8,11-16H2/t21-/m1/s1. The van der Waals surface area contributed by atoms with Gasteiger partial charge in [0.25, 0.3) is 0 Å². The van der Waals surface area contributed by atoms with E-state index in [0.717, 1.165) is 31.2 Å². The second-order valence-corrected chi connectivity index (χ2v) is 7.15. The molecule has 4 heteroatoms. The number of amides is 1. The first-order chi connectivity index (χ1) is 12.6. The number of aromatic hydroxyl groups is 1. The van der Waals surface area contributed by atoms with E-state index in [4.69, 9.17) is 0 Å². The van der Waals surface area contributed by atoms with Crippen molar-refractivity contribution >= 4 is 5.91 Å². The Hall–Kier alpha value is -2.33. The Bertz CT molecular complexity index is 691. The van der Waals surface area contributed by atoms with Gasteiger partial charge in [0.05, 0.1) is 12.5 Å². The first-order valence-electron chi connectivity index (χ1n) is 9.39. The Morgan fingerprint density at radius 3 is 2.31 bits per heavy atom. The first-order valence-corrected chi connectivity index (χ1v) is 9.39. The molecule has 2 N–H and O–H groups in total. The molecule has 0 aromatic heterocycles. The minimum Gasteiger partial charge on any atom is -0.508 e. The average Bonchev–Trinajstić information content (AvgIpc) is 2.69. The maximum atomic E-state index is 12.4. The van der Waals surface area contributed by atoms with E-state index in [0.29, 0.717) is 19.5 Å². The molecule has 1 atom stereocenters. The van der Waals surface area contributed by atoms with Gasteiger partial charge in [0, 0.05) is 13.1 Å². The molecule has 0 unspecified atom stereocenters. The third-order valence-electron chi connectivity index (χ3n) is 5.30. The van der Waals surface area contributed by atoms with E-state index in [9.17, 15) is 15.0 Å². The number of phenols is 1. The molecular formula is C22H27NO3. The van der Waals surface area contributed by atoms with Gasteiger partial charge in [0.15, 0.2) is 0 Å². The third-order valence-corrected chi connectivity index (χ3v) is 5.30. The van der Waals surface area contributed by atoms with Crippen molar-refractivity contribution in [2.24, 2.45) is 5.92 Å². The number of aliphatic hydroxyl groups excluding tert-OH is 1. The minimum atomic E-state index is -0.301. The van der Waals surface area contributed by atoms with Crippen LogP contribution in [0.25, 0.3) is 0 Å². The molecule has 4 nitrogen and oxygen atoms in total. The van der Waals surface area contributed by atoms with E-state index >= 15 is 0 Å². The van der Waals surface area contributed by atoms with Gasteiger partial charge in [-0.05, 0) is 54.9 Å². The van der Waals surface area contributed by atoms with Crippen molar-refractivity contribution in [1.29, 1.82) is 0 Å². The molecule has 138 valence electrons. The van der Waals surface area contributed by atoms with Crippen LogP contribution in [0.3, 0.4) is 0 Å². The summed E-state index contributed by atoms with van der Waals surface area (Å²) in [5.74, 6) is 0.607. The van der Waals surface area contributed by atoms with Crippen LogP contribution in [-0.4, -0.2) is 40.2 Å². The molecule has 1 saturated heterocycles. The molecule has 0 spiro atoms. The van der Waals surface area contributed by atoms with Crippen LogP contribution in [0, 0.1) is 5.92 Å². The highest BCUT2D eigenvalue weighted by Gasteiger charge is 2.27. The lowest BCUT2D eigenvalue weighted by atomic mass is 9.88. The van der Waals surface area contributed by atoms with E-state index in [1.165, 1.54) is 5.56 Å². The van der Waals surface area contributed by atoms with Crippen molar-refractivity contribution in [3.63, 3.8) is 0 Å². The first kappa shape index (κ1) is 18.5. The molecular weight excluding hydrogens is 326 g/mol. The van der Waals surface area contributed by atoms with Crippen molar-refractivity contribution < 1.29 is 15.0 Å². The van der Waals surface area contributed by atoms with Crippen LogP contribution >= 0.6 is 0 Å². The SMILES string of the molecule is O=C(Cc1ccc(O)cc1)N1CCC([C@H](O)CCc2ccccc2)CC1. The van der Waals surface area contributed by atoms with Gasteiger partial charge in [0.1, 0.15) is 5.75 Å². The van der Waals surface area contributed by atoms with Crippen molar-refractivity contribution in [3.05, 3.63) is 65.7 Å². The summed E-state index contributed by atoms with van der Waals surface area (Å²) in [4.78, 5) is 14.3. The summed E-state index contributed by atoms with van der Waals surface area (Å²) in [6, 6.07) is 17.0. The van der Waals surface area contributed by atoms with Crippen LogP contribution < -0.4 is 0 Å². The van der Waals surface area contributed by atoms with Crippen LogP contribution in [0.5, 0.6) is 5.75 Å². The number of hydrogen-bond donors (Lipinski definition) is 2. The third kappa shape index (κ3) is 5.09. The monoisotopic (exact) mass is 353 g/mol. The predicted molar refractivity (Wildman–Crippen MR) is 102 cm³/mol. The van der Waals surface area contributed by atoms with Crippen LogP contribution in [0.15, 0.2) is 54.6 Å². The Balaban J connectivity index is 1.43. The van der Waals surface area contributed by atoms with E-state index in [2.05, 4.69) is 12.1 Å². The minimum absolute atomic E-state index is 0.118. The molecule has 1 aliphatic heterocycles. The number of likely N-dealkylation sites (tertiary alicyclic amines) is 1. The van der Waals surface area contributed by atoms with Gasteiger partial charge in [-0.15, -0.1) is 0 Å². The summed E-state index contributed by atoms with van der Waals surface area (Å²) < 4.78 is 0. The van der Waals surface area contributed by atoms with E-state index in [1.54, 1.807) is 24.3 Å². The lowest BCUT2D eigenvalue weighted by Gasteiger charge is -2.34. The van der Waals surface area contributed by atoms with Gasteiger partial charge in [-0.1, -0.05) is 42.5 Å². The second-order valence-electron chi connectivity index (χ2n) is 7.15. The Kier molecular flexibility index (Phi) is 6.29. The molecule has 0 saturated carbocycles. The molecule has 0 radical (unpaired) electrons. The Morgan fingerprint density at radius 2 is 1.65 bits per heavy atom. The molecule has 2 aromatic carbocycles. The summed E-state index contributed by atoms with van der Waals surface area (Å²) in [6.45, 7) is 1.42. The van der Waals surface area contributed by atoms with Gasteiger partial charge in [-0.2, -0.15) is 0 Å². The second kappa shape index (κ2) is 8.86. The topological polar surface area (TPSA) is 60.8 Å². The summed E-state index contributed by atoms with van der Waals surface area (Å²) in [5.41, 5.74) is 2.17. The van der Waals surface area contributed by atoms with Crippen LogP contribution in [0.1, 0.15) is 30.4 Å². The van der Waals surface area contributed by atoms with E-state index in [1.807, 2.05) is 23.1 Å². The zero-order valence-electron chi connectivity index (χ0n) is 15.1. The number of carbonyl (C=O) groups excluding carboxylic acids is 1. The number of nitrogens with zero attached hydrogens (tertiary/aromatic N) is 1. The number of rotatable bonds is 6. The highest BCUT2D eigenvalue weighted by molar-refractivity contribution is 5.78. The molecule has 26 heavy (non-hydrogen) atoms. The molecule has 0 bridgehead atoms. The predicted octanol–water partition coefficient (Wildman–Crippen LogP) is 3.17. The molecule has 1 amide bonds. The highest BCUT2D eigenvalue weighted by Crippen LogP contribution is 2.24. The van der Waals surface area contributed by atoms with Crippen molar-refractivity contribution in [1.82, 2.24) is 4.90 Å². The highest BCUT2D eigenvalue weighted by atomic mass is 16.3. The van der Waals surface area contributed by atoms with Crippen LogP contribution in [0.2, 0.25) is 0 Å².